The maximum absolute atomic E-state index is 12.6. The summed E-state index contributed by atoms with van der Waals surface area (Å²) >= 11 is 0. The van der Waals surface area contributed by atoms with Crippen LogP contribution in [0.15, 0.2) is 45.5 Å². The predicted molar refractivity (Wildman–Crippen MR) is 94.8 cm³/mol. The predicted octanol–water partition coefficient (Wildman–Crippen LogP) is 2.48. The second-order valence-corrected chi connectivity index (χ2v) is 7.40. The van der Waals surface area contributed by atoms with Crippen molar-refractivity contribution < 1.29 is 4.21 Å². The van der Waals surface area contributed by atoms with Gasteiger partial charge in [0.1, 0.15) is 0 Å². The second-order valence-electron chi connectivity index (χ2n) is 6.19. The first-order valence-electron chi connectivity index (χ1n) is 7.61. The Labute approximate surface area is 138 Å². The zero-order valence-corrected chi connectivity index (χ0v) is 14.4. The Morgan fingerprint density at radius 2 is 2.30 bits per heavy atom. The molecule has 0 spiro atoms. The lowest BCUT2D eigenvalue weighted by molar-refractivity contribution is 0.379. The van der Waals surface area contributed by atoms with Gasteiger partial charge in [-0.3, -0.25) is 9.71 Å². The Hall–Kier alpha value is -2.15. The van der Waals surface area contributed by atoms with Crippen LogP contribution < -0.4 is 4.72 Å². The molecule has 0 fully saturated rings. The van der Waals surface area contributed by atoms with E-state index in [-0.39, 0.29) is 5.41 Å². The number of rotatable bonds is 3. The number of aromatic nitrogens is 1. The molecular formula is C16H21N5OS. The van der Waals surface area contributed by atoms with E-state index < -0.39 is 11.0 Å². The number of aromatic amines is 1. The Kier molecular flexibility index (Phi) is 4.21. The fraction of sp³-hybridized carbons (Fsp3) is 0.375. The maximum Gasteiger partial charge on any atom is 0.227 e. The Morgan fingerprint density at radius 3 is 3.00 bits per heavy atom. The minimum absolute atomic E-state index is 0.0122. The molecular weight excluding hydrogens is 310 g/mol. The molecule has 2 N–H and O–H groups in total. The molecule has 7 heteroatoms. The van der Waals surface area contributed by atoms with Crippen molar-refractivity contribution in [2.24, 2.45) is 15.5 Å². The standard InChI is InChI=1S/C16H21N5OS/c1-4-17-15(21-11-16(2,3)10-19-21)20-23(22)13-5-6-14-12(9-13)7-8-18-14/h5-10,18H,4,11H2,1-3H3,(H,17,20). The topological polar surface area (TPSA) is 72.8 Å². The van der Waals surface area contributed by atoms with E-state index in [1.165, 1.54) is 0 Å². The number of hydrogen-bond acceptors (Lipinski definition) is 3. The summed E-state index contributed by atoms with van der Waals surface area (Å²) < 4.78 is 15.6. The normalized spacial score (nSPS) is 18.6. The summed E-state index contributed by atoms with van der Waals surface area (Å²) in [4.78, 5) is 8.25. The summed E-state index contributed by atoms with van der Waals surface area (Å²) in [5.74, 6) is 0.543. The lowest BCUT2D eigenvalue weighted by Gasteiger charge is -2.21. The number of fused-ring (bicyclic) bond motifs is 1. The molecule has 1 unspecified atom stereocenters. The minimum atomic E-state index is -1.39. The molecule has 1 aromatic heterocycles. The third-order valence-corrected chi connectivity index (χ3v) is 4.63. The first-order valence-corrected chi connectivity index (χ1v) is 8.76. The number of nitrogens with one attached hydrogen (secondary N) is 2. The van der Waals surface area contributed by atoms with Crippen LogP contribution >= 0.6 is 0 Å². The molecule has 0 amide bonds. The number of benzene rings is 1. The van der Waals surface area contributed by atoms with Gasteiger partial charge >= 0.3 is 0 Å². The zero-order valence-electron chi connectivity index (χ0n) is 13.5. The number of nitrogens with zero attached hydrogens (tertiary/aromatic N) is 3. The van der Waals surface area contributed by atoms with Gasteiger partial charge in [0.2, 0.25) is 5.96 Å². The van der Waals surface area contributed by atoms with Crippen LogP contribution in [0.4, 0.5) is 0 Å². The van der Waals surface area contributed by atoms with Gasteiger partial charge in [0, 0.05) is 35.3 Å². The Morgan fingerprint density at radius 1 is 1.48 bits per heavy atom. The largest absolute Gasteiger partial charge is 0.361 e. The van der Waals surface area contributed by atoms with Crippen LogP contribution in [0.25, 0.3) is 10.9 Å². The van der Waals surface area contributed by atoms with Gasteiger partial charge in [-0.05, 0) is 31.2 Å². The molecule has 0 saturated carbocycles. The average Bonchev–Trinajstić information content (AvgIpc) is 3.11. The molecule has 0 aliphatic carbocycles. The van der Waals surface area contributed by atoms with Gasteiger partial charge in [0.15, 0.2) is 11.0 Å². The zero-order chi connectivity index (χ0) is 16.4. The van der Waals surface area contributed by atoms with Gasteiger partial charge in [-0.2, -0.15) is 5.10 Å². The van der Waals surface area contributed by atoms with Crippen LogP contribution in [0.5, 0.6) is 0 Å². The average molecular weight is 331 g/mol. The van der Waals surface area contributed by atoms with Crippen LogP contribution in [-0.2, 0) is 11.0 Å². The highest BCUT2D eigenvalue weighted by Crippen LogP contribution is 2.21. The molecule has 0 bridgehead atoms. The van der Waals surface area contributed by atoms with Crippen LogP contribution in [0.3, 0.4) is 0 Å². The molecule has 122 valence electrons. The quantitative estimate of drug-likeness (QED) is 0.670. The van der Waals surface area contributed by atoms with Crippen LogP contribution in [0.1, 0.15) is 20.8 Å². The third kappa shape index (κ3) is 3.44. The van der Waals surface area contributed by atoms with E-state index in [0.717, 1.165) is 10.9 Å². The van der Waals surface area contributed by atoms with Crippen LogP contribution in [0.2, 0.25) is 0 Å². The molecule has 1 aromatic carbocycles. The lowest BCUT2D eigenvalue weighted by Crippen LogP contribution is -2.40. The van der Waals surface area contributed by atoms with Crippen molar-refractivity contribution in [3.63, 3.8) is 0 Å². The summed E-state index contributed by atoms with van der Waals surface area (Å²) in [7, 11) is -1.39. The number of guanidine groups is 1. The molecule has 0 saturated heterocycles. The summed E-state index contributed by atoms with van der Waals surface area (Å²) in [5, 5.41) is 7.18. The summed E-state index contributed by atoms with van der Waals surface area (Å²) in [6, 6.07) is 7.65. The number of hydrazone groups is 1. The van der Waals surface area contributed by atoms with Crippen molar-refractivity contribution in [3.05, 3.63) is 30.5 Å². The molecule has 6 nitrogen and oxygen atoms in total. The van der Waals surface area contributed by atoms with E-state index in [9.17, 15) is 4.21 Å². The smallest absolute Gasteiger partial charge is 0.227 e. The summed E-state index contributed by atoms with van der Waals surface area (Å²) in [5.41, 5.74) is 1.01. The van der Waals surface area contributed by atoms with Crippen LogP contribution in [0, 0.1) is 5.41 Å². The molecule has 1 aliphatic rings. The van der Waals surface area contributed by atoms with Gasteiger partial charge < -0.3 is 4.98 Å². The SMILES string of the molecule is CCN=C(NS(=O)c1ccc2[nH]ccc2c1)N1CC(C)(C)C=N1. The highest BCUT2D eigenvalue weighted by molar-refractivity contribution is 7.83. The fourth-order valence-electron chi connectivity index (χ4n) is 2.43. The van der Waals surface area contributed by atoms with Gasteiger partial charge in [0.25, 0.3) is 0 Å². The summed E-state index contributed by atoms with van der Waals surface area (Å²) in [6.07, 6.45) is 3.77. The molecule has 1 aliphatic heterocycles. The third-order valence-electron chi connectivity index (χ3n) is 3.58. The molecule has 0 radical (unpaired) electrons. The van der Waals surface area contributed by atoms with Gasteiger partial charge in [-0.25, -0.2) is 9.22 Å². The fourth-order valence-corrected chi connectivity index (χ4v) is 3.31. The van der Waals surface area contributed by atoms with Crippen molar-refractivity contribution >= 4 is 34.1 Å². The van der Waals surface area contributed by atoms with E-state index in [2.05, 4.69) is 33.6 Å². The maximum atomic E-state index is 12.6. The number of H-pyrrole nitrogens is 1. The van der Waals surface area contributed by atoms with E-state index >= 15 is 0 Å². The molecule has 1 atom stereocenters. The van der Waals surface area contributed by atoms with Gasteiger partial charge in [-0.1, -0.05) is 13.8 Å². The van der Waals surface area contributed by atoms with Crippen molar-refractivity contribution in [1.82, 2.24) is 14.7 Å². The summed E-state index contributed by atoms with van der Waals surface area (Å²) in [6.45, 7) is 7.48. The van der Waals surface area contributed by atoms with Gasteiger partial charge in [0.05, 0.1) is 11.4 Å². The monoisotopic (exact) mass is 331 g/mol. The Bertz CT molecular complexity index is 793. The van der Waals surface area contributed by atoms with Crippen molar-refractivity contribution in [2.45, 2.75) is 25.7 Å². The van der Waals surface area contributed by atoms with Crippen molar-refractivity contribution in [2.75, 3.05) is 13.1 Å². The van der Waals surface area contributed by atoms with E-state index in [0.29, 0.717) is 23.9 Å². The van der Waals surface area contributed by atoms with E-state index in [1.807, 2.05) is 43.6 Å². The van der Waals surface area contributed by atoms with E-state index in [4.69, 9.17) is 0 Å². The molecule has 2 aromatic rings. The first-order chi connectivity index (χ1) is 11.0. The second kappa shape index (κ2) is 6.16. The Balaban J connectivity index is 1.78. The van der Waals surface area contributed by atoms with Crippen molar-refractivity contribution in [1.29, 1.82) is 0 Å². The number of aliphatic imine (C=N–C) groups is 1. The first kappa shape index (κ1) is 15.7. The molecule has 3 rings (SSSR count). The molecule has 23 heavy (non-hydrogen) atoms. The van der Waals surface area contributed by atoms with Crippen LogP contribution in [-0.4, -0.2) is 39.5 Å². The highest BCUT2D eigenvalue weighted by atomic mass is 32.2. The molecule has 2 heterocycles. The van der Waals surface area contributed by atoms with Crippen molar-refractivity contribution in [3.8, 4) is 0 Å². The lowest BCUT2D eigenvalue weighted by atomic mass is 9.97. The highest BCUT2D eigenvalue weighted by Gasteiger charge is 2.28. The van der Waals surface area contributed by atoms with E-state index in [1.54, 1.807) is 5.01 Å². The number of hydrogen-bond donors (Lipinski definition) is 2. The van der Waals surface area contributed by atoms with Gasteiger partial charge in [-0.15, -0.1) is 0 Å². The minimum Gasteiger partial charge on any atom is -0.361 e.